The summed E-state index contributed by atoms with van der Waals surface area (Å²) in [7, 11) is 3.31. The molecule has 3 atom stereocenters. The zero-order valence-electron chi connectivity index (χ0n) is 13.2. The Balaban J connectivity index is 2.02. The highest BCUT2D eigenvalue weighted by molar-refractivity contribution is 6.28. The lowest BCUT2D eigenvalue weighted by molar-refractivity contribution is -0.134. The van der Waals surface area contributed by atoms with Gasteiger partial charge in [-0.1, -0.05) is 0 Å². The molecular weight excluding hydrogens is 320 g/mol. The molecule has 1 aliphatic rings. The van der Waals surface area contributed by atoms with E-state index < -0.39 is 11.5 Å². The second-order valence-corrected chi connectivity index (χ2v) is 6.36. The van der Waals surface area contributed by atoms with Crippen LogP contribution in [0.15, 0.2) is 6.33 Å². The lowest BCUT2D eigenvalue weighted by Gasteiger charge is -2.25. The molecule has 1 aliphatic carbocycles. The van der Waals surface area contributed by atoms with Gasteiger partial charge in [-0.15, -0.1) is 0 Å². The van der Waals surface area contributed by atoms with Crippen molar-refractivity contribution in [2.45, 2.75) is 31.9 Å². The third-order valence-electron chi connectivity index (χ3n) is 4.66. The van der Waals surface area contributed by atoms with Gasteiger partial charge in [-0.2, -0.15) is 9.97 Å². The first-order chi connectivity index (χ1) is 10.9. The van der Waals surface area contributed by atoms with Crippen LogP contribution in [0.25, 0.3) is 11.2 Å². The summed E-state index contributed by atoms with van der Waals surface area (Å²) >= 11 is 5.98. The molecule has 2 aromatic heterocycles. The largest absolute Gasteiger partial charge is 0.392 e. The fourth-order valence-electron chi connectivity index (χ4n) is 3.30. The van der Waals surface area contributed by atoms with Crippen LogP contribution in [0, 0.1) is 5.41 Å². The number of fused-ring (bicyclic) bond motifs is 1. The number of rotatable bonds is 3. The topological polar surface area (TPSA) is 105 Å². The molecule has 9 heteroatoms. The molecule has 1 amide bonds. The molecule has 3 rings (SSSR count). The highest BCUT2D eigenvalue weighted by atomic mass is 35.5. The number of aliphatic hydroxyl groups excluding tert-OH is 1. The van der Waals surface area contributed by atoms with E-state index in [0.717, 1.165) is 0 Å². The molecule has 1 saturated carbocycles. The predicted octanol–water partition coefficient (Wildman–Crippen LogP) is 0.969. The minimum absolute atomic E-state index is 0.0898. The Morgan fingerprint density at radius 1 is 1.48 bits per heavy atom. The van der Waals surface area contributed by atoms with E-state index in [1.807, 2.05) is 4.57 Å². The lowest BCUT2D eigenvalue weighted by Crippen LogP contribution is -2.42. The van der Waals surface area contributed by atoms with Crippen molar-refractivity contribution < 1.29 is 9.90 Å². The summed E-state index contributed by atoms with van der Waals surface area (Å²) in [5.41, 5.74) is 0.367. The normalized spacial score (nSPS) is 27.3. The van der Waals surface area contributed by atoms with E-state index in [9.17, 15) is 9.90 Å². The third-order valence-corrected chi connectivity index (χ3v) is 4.83. The number of anilines is 1. The highest BCUT2D eigenvalue weighted by Gasteiger charge is 2.49. The van der Waals surface area contributed by atoms with E-state index in [1.165, 1.54) is 0 Å². The number of amides is 1. The van der Waals surface area contributed by atoms with Gasteiger partial charge in [0.2, 0.25) is 11.2 Å². The molecule has 0 unspecified atom stereocenters. The number of aliphatic hydroxyl groups is 1. The Morgan fingerprint density at radius 3 is 2.87 bits per heavy atom. The van der Waals surface area contributed by atoms with Crippen molar-refractivity contribution in [3.05, 3.63) is 11.6 Å². The quantitative estimate of drug-likeness (QED) is 0.720. The Kier molecular flexibility index (Phi) is 3.89. The lowest BCUT2D eigenvalue weighted by atomic mass is 9.85. The van der Waals surface area contributed by atoms with E-state index in [4.69, 9.17) is 11.6 Å². The molecule has 0 aromatic carbocycles. The number of carbonyl (C=O) groups excluding carboxylic acids is 1. The van der Waals surface area contributed by atoms with Crippen LogP contribution >= 0.6 is 11.6 Å². The first-order valence-electron chi connectivity index (χ1n) is 7.38. The van der Waals surface area contributed by atoms with Gasteiger partial charge in [0.05, 0.1) is 17.8 Å². The van der Waals surface area contributed by atoms with Gasteiger partial charge in [-0.25, -0.2) is 4.98 Å². The number of nitrogens with zero attached hydrogens (tertiary/aromatic N) is 4. The number of nitrogens with one attached hydrogen (secondary N) is 2. The molecule has 0 aliphatic heterocycles. The monoisotopic (exact) mass is 338 g/mol. The van der Waals surface area contributed by atoms with Crippen LogP contribution in [-0.2, 0) is 4.79 Å². The summed E-state index contributed by atoms with van der Waals surface area (Å²) < 4.78 is 1.86. The summed E-state index contributed by atoms with van der Waals surface area (Å²) in [4.78, 5) is 24.8. The fourth-order valence-corrected chi connectivity index (χ4v) is 3.46. The van der Waals surface area contributed by atoms with E-state index >= 15 is 0 Å². The van der Waals surface area contributed by atoms with Crippen LogP contribution < -0.4 is 10.6 Å². The van der Waals surface area contributed by atoms with Gasteiger partial charge in [0.15, 0.2) is 17.0 Å². The first kappa shape index (κ1) is 15.9. The second-order valence-electron chi connectivity index (χ2n) is 6.02. The van der Waals surface area contributed by atoms with E-state index in [2.05, 4.69) is 25.6 Å². The summed E-state index contributed by atoms with van der Waals surface area (Å²) in [5.74, 6) is 0.381. The first-order valence-corrected chi connectivity index (χ1v) is 7.76. The van der Waals surface area contributed by atoms with Gasteiger partial charge in [0.1, 0.15) is 0 Å². The Bertz CT molecular complexity index is 763. The SMILES string of the molecule is CNC(=O)[C@@]1(C)C[C@@H](n2cnc3c(NC)nc(Cl)nc32)C[C@@H]1O. The van der Waals surface area contributed by atoms with Gasteiger partial charge in [0.25, 0.3) is 0 Å². The molecule has 0 spiro atoms. The van der Waals surface area contributed by atoms with Crippen molar-refractivity contribution in [1.29, 1.82) is 0 Å². The molecule has 2 heterocycles. The van der Waals surface area contributed by atoms with Crippen LogP contribution in [0.5, 0.6) is 0 Å². The summed E-state index contributed by atoms with van der Waals surface area (Å²) in [6, 6.07) is -0.0898. The maximum atomic E-state index is 12.1. The number of aromatic nitrogens is 4. The predicted molar refractivity (Wildman–Crippen MR) is 86.3 cm³/mol. The van der Waals surface area contributed by atoms with Crippen molar-refractivity contribution in [3.8, 4) is 0 Å². The van der Waals surface area contributed by atoms with Gasteiger partial charge >= 0.3 is 0 Å². The van der Waals surface area contributed by atoms with Gasteiger partial charge in [-0.3, -0.25) is 4.79 Å². The maximum Gasteiger partial charge on any atom is 0.228 e. The minimum atomic E-state index is -0.835. The van der Waals surface area contributed by atoms with Gasteiger partial charge in [0, 0.05) is 20.1 Å². The molecule has 0 saturated heterocycles. The Morgan fingerprint density at radius 2 is 2.22 bits per heavy atom. The summed E-state index contributed by atoms with van der Waals surface area (Å²) in [5, 5.41) is 16.1. The van der Waals surface area contributed by atoms with E-state index in [-0.39, 0.29) is 17.2 Å². The van der Waals surface area contributed by atoms with Gasteiger partial charge in [-0.05, 0) is 31.4 Å². The van der Waals surface area contributed by atoms with Gasteiger partial charge < -0.3 is 20.3 Å². The summed E-state index contributed by atoms with van der Waals surface area (Å²) in [6.45, 7) is 1.77. The maximum absolute atomic E-state index is 12.1. The molecule has 8 nitrogen and oxygen atoms in total. The molecule has 23 heavy (non-hydrogen) atoms. The molecule has 1 fully saturated rings. The molecule has 2 aromatic rings. The number of hydrogen-bond acceptors (Lipinski definition) is 6. The summed E-state index contributed by atoms with van der Waals surface area (Å²) in [6.07, 6.45) is 1.87. The van der Waals surface area contributed by atoms with Crippen molar-refractivity contribution >= 4 is 34.5 Å². The van der Waals surface area contributed by atoms with Crippen LogP contribution in [0.2, 0.25) is 5.28 Å². The second kappa shape index (κ2) is 5.61. The number of imidazole rings is 1. The van der Waals surface area contributed by atoms with Crippen LogP contribution in [0.1, 0.15) is 25.8 Å². The van der Waals surface area contributed by atoms with Crippen molar-refractivity contribution in [1.82, 2.24) is 24.8 Å². The van der Waals surface area contributed by atoms with Crippen LogP contribution in [0.3, 0.4) is 0 Å². The Hall–Kier alpha value is -1.93. The number of hydrogen-bond donors (Lipinski definition) is 3. The van der Waals surface area contributed by atoms with Crippen LogP contribution in [0.4, 0.5) is 5.82 Å². The zero-order chi connectivity index (χ0) is 16.8. The van der Waals surface area contributed by atoms with Crippen molar-refractivity contribution in [2.24, 2.45) is 5.41 Å². The average Bonchev–Trinajstić information content (AvgIpc) is 3.07. The molecule has 124 valence electrons. The van der Waals surface area contributed by atoms with E-state index in [0.29, 0.717) is 29.8 Å². The average molecular weight is 339 g/mol. The number of halogens is 1. The van der Waals surface area contributed by atoms with Crippen molar-refractivity contribution in [3.63, 3.8) is 0 Å². The zero-order valence-corrected chi connectivity index (χ0v) is 13.9. The van der Waals surface area contributed by atoms with E-state index in [1.54, 1.807) is 27.3 Å². The molecule has 0 bridgehead atoms. The Labute approximate surface area is 138 Å². The fraction of sp³-hybridized carbons (Fsp3) is 0.571. The molecule has 3 N–H and O–H groups in total. The molecular formula is C14H19ClN6O2. The molecule has 0 radical (unpaired) electrons. The van der Waals surface area contributed by atoms with Crippen molar-refractivity contribution in [2.75, 3.05) is 19.4 Å². The standard InChI is InChI=1S/C14H19ClN6O2/c1-14(12(23)17-3)5-7(4-8(14)22)21-6-18-9-10(16-2)19-13(15)20-11(9)21/h6-8,22H,4-5H2,1-3H3,(H,17,23)(H,16,19,20)/t7-,8-,14-/m0/s1. The minimum Gasteiger partial charge on any atom is -0.392 e. The highest BCUT2D eigenvalue weighted by Crippen LogP contribution is 2.45. The third kappa shape index (κ3) is 2.42. The number of carbonyl (C=O) groups is 1. The smallest absolute Gasteiger partial charge is 0.228 e. The van der Waals surface area contributed by atoms with Crippen LogP contribution in [-0.4, -0.2) is 50.7 Å².